The summed E-state index contributed by atoms with van der Waals surface area (Å²) in [4.78, 5) is 11.1. The summed E-state index contributed by atoms with van der Waals surface area (Å²) in [6.45, 7) is -1.70. The van der Waals surface area contributed by atoms with Gasteiger partial charge in [-0.2, -0.15) is 8.78 Å². The molecule has 0 aliphatic carbocycles. The maximum absolute atomic E-state index is 12.0. The molecule has 0 atom stereocenters. The van der Waals surface area contributed by atoms with Gasteiger partial charge in [-0.05, 0) is 35.6 Å². The van der Waals surface area contributed by atoms with Crippen molar-refractivity contribution in [2.45, 2.75) is 13.5 Å². The molecule has 0 heterocycles. The van der Waals surface area contributed by atoms with Crippen molar-refractivity contribution in [3.05, 3.63) is 26.3 Å². The lowest BCUT2D eigenvalue weighted by Gasteiger charge is -2.09. The van der Waals surface area contributed by atoms with Gasteiger partial charge in [0.2, 0.25) is 0 Å². The zero-order valence-corrected chi connectivity index (χ0v) is 10.5. The molecule has 0 unspecified atom stereocenters. The number of hydrogen-bond donors (Lipinski definition) is 0. The van der Waals surface area contributed by atoms with Crippen LogP contribution in [0.15, 0.2) is 12.1 Å². The highest BCUT2D eigenvalue weighted by Gasteiger charge is 2.15. The molecule has 0 saturated carbocycles. The number of ketones is 1. The van der Waals surface area contributed by atoms with E-state index in [1.165, 1.54) is 19.1 Å². The Bertz CT molecular complexity index is 396. The highest BCUT2D eigenvalue weighted by Crippen LogP contribution is 2.29. The summed E-state index contributed by atoms with van der Waals surface area (Å²) < 4.78 is 28.8. The van der Waals surface area contributed by atoms with Crippen LogP contribution in [-0.4, -0.2) is 12.4 Å². The molecule has 1 aromatic carbocycles. The molecule has 0 N–H and O–H groups in total. The molecule has 0 aliphatic heterocycles. The van der Waals surface area contributed by atoms with Gasteiger partial charge in [-0.1, -0.05) is 11.6 Å². The quantitative estimate of drug-likeness (QED) is 0.615. The van der Waals surface area contributed by atoms with Crippen molar-refractivity contribution in [3.8, 4) is 5.75 Å². The Morgan fingerprint density at radius 1 is 1.53 bits per heavy atom. The molecule has 0 amide bonds. The molecule has 0 fully saturated rings. The zero-order chi connectivity index (χ0) is 11.6. The minimum Gasteiger partial charge on any atom is -0.434 e. The molecule has 0 aromatic heterocycles. The molecule has 0 spiro atoms. The summed E-state index contributed by atoms with van der Waals surface area (Å²) in [5.41, 5.74) is 0.101. The van der Waals surface area contributed by atoms with Crippen LogP contribution in [0.5, 0.6) is 5.75 Å². The summed E-state index contributed by atoms with van der Waals surface area (Å²) in [6, 6.07) is 2.63. The van der Waals surface area contributed by atoms with Crippen molar-refractivity contribution in [1.29, 1.82) is 0 Å². The predicted octanol–water partition coefficient (Wildman–Crippen LogP) is 3.75. The third-order valence-electron chi connectivity index (χ3n) is 1.62. The van der Waals surface area contributed by atoms with Gasteiger partial charge in [0.05, 0.1) is 10.6 Å². The fourth-order valence-electron chi connectivity index (χ4n) is 0.997. The average molecular weight is 346 g/mol. The van der Waals surface area contributed by atoms with Crippen LogP contribution in [0.2, 0.25) is 5.02 Å². The third kappa shape index (κ3) is 3.27. The zero-order valence-electron chi connectivity index (χ0n) is 7.56. The van der Waals surface area contributed by atoms with Crippen LogP contribution < -0.4 is 4.74 Å². The first kappa shape index (κ1) is 12.6. The standard InChI is InChI=1S/C9H6ClF2IO2/c1-4(14)5-2-7(13)6(10)3-8(5)15-9(11)12/h2-3,9H,1H3. The molecule has 1 rings (SSSR count). The predicted molar refractivity (Wildman–Crippen MR) is 60.8 cm³/mol. The van der Waals surface area contributed by atoms with E-state index in [1.54, 1.807) is 0 Å². The SMILES string of the molecule is CC(=O)c1cc(I)c(Cl)cc1OC(F)F. The number of carbonyl (C=O) groups is 1. The van der Waals surface area contributed by atoms with Crippen LogP contribution in [0.4, 0.5) is 8.78 Å². The molecule has 0 saturated heterocycles. The van der Waals surface area contributed by atoms with E-state index in [2.05, 4.69) is 4.74 Å². The van der Waals surface area contributed by atoms with Crippen molar-refractivity contribution in [2.24, 2.45) is 0 Å². The van der Waals surface area contributed by atoms with Crippen molar-refractivity contribution >= 4 is 40.0 Å². The molecule has 0 radical (unpaired) electrons. The molecule has 15 heavy (non-hydrogen) atoms. The van der Waals surface area contributed by atoms with E-state index in [-0.39, 0.29) is 22.1 Å². The molecule has 1 aromatic rings. The van der Waals surface area contributed by atoms with Crippen molar-refractivity contribution < 1.29 is 18.3 Å². The Labute approximate surface area is 104 Å². The van der Waals surface area contributed by atoms with E-state index in [0.29, 0.717) is 3.57 Å². The average Bonchev–Trinajstić information content (AvgIpc) is 2.09. The number of alkyl halides is 2. The maximum atomic E-state index is 12.0. The van der Waals surface area contributed by atoms with E-state index < -0.39 is 6.61 Å². The maximum Gasteiger partial charge on any atom is 0.387 e. The second-order valence-electron chi connectivity index (χ2n) is 2.70. The van der Waals surface area contributed by atoms with Crippen LogP contribution in [0.1, 0.15) is 17.3 Å². The Morgan fingerprint density at radius 2 is 2.13 bits per heavy atom. The van der Waals surface area contributed by atoms with Crippen molar-refractivity contribution in [2.75, 3.05) is 0 Å². The molecule has 0 bridgehead atoms. The van der Waals surface area contributed by atoms with E-state index in [0.717, 1.165) is 0 Å². The summed E-state index contributed by atoms with van der Waals surface area (Å²) in [6.07, 6.45) is 0. The number of Topliss-reactive ketones (excluding diaryl/α,β-unsaturated/α-hetero) is 1. The molecular formula is C9H6ClF2IO2. The van der Waals surface area contributed by atoms with E-state index in [4.69, 9.17) is 11.6 Å². The largest absolute Gasteiger partial charge is 0.434 e. The van der Waals surface area contributed by atoms with E-state index in [1.807, 2.05) is 22.6 Å². The monoisotopic (exact) mass is 346 g/mol. The van der Waals surface area contributed by atoms with Gasteiger partial charge in [0.15, 0.2) is 5.78 Å². The van der Waals surface area contributed by atoms with E-state index in [9.17, 15) is 13.6 Å². The highest BCUT2D eigenvalue weighted by atomic mass is 127. The summed E-state index contributed by atoms with van der Waals surface area (Å²) >= 11 is 7.64. The van der Waals surface area contributed by atoms with Crippen LogP contribution in [0, 0.1) is 3.57 Å². The number of ether oxygens (including phenoxy) is 1. The number of carbonyl (C=O) groups excluding carboxylic acids is 1. The van der Waals surface area contributed by atoms with E-state index >= 15 is 0 Å². The summed E-state index contributed by atoms with van der Waals surface area (Å²) in [5.74, 6) is -0.539. The smallest absolute Gasteiger partial charge is 0.387 e. The lowest BCUT2D eigenvalue weighted by molar-refractivity contribution is -0.0501. The van der Waals surface area contributed by atoms with Gasteiger partial charge in [-0.25, -0.2) is 0 Å². The lowest BCUT2D eigenvalue weighted by atomic mass is 10.1. The number of halogens is 4. The fourth-order valence-corrected chi connectivity index (χ4v) is 1.62. The normalized spacial score (nSPS) is 10.5. The molecular weight excluding hydrogens is 340 g/mol. The second-order valence-corrected chi connectivity index (χ2v) is 4.27. The number of hydrogen-bond acceptors (Lipinski definition) is 2. The minimum atomic E-state index is -2.97. The topological polar surface area (TPSA) is 26.3 Å². The Hall–Kier alpha value is -0.430. The molecule has 82 valence electrons. The van der Waals surface area contributed by atoms with Crippen LogP contribution in [0.3, 0.4) is 0 Å². The summed E-state index contributed by atoms with van der Waals surface area (Å²) in [5, 5.41) is 0.274. The van der Waals surface area contributed by atoms with Gasteiger partial charge in [0.25, 0.3) is 0 Å². The first-order chi connectivity index (χ1) is 6.91. The second kappa shape index (κ2) is 5.07. The van der Waals surface area contributed by atoms with Gasteiger partial charge >= 0.3 is 6.61 Å². The first-order valence-electron chi connectivity index (χ1n) is 3.86. The fraction of sp³-hybridized carbons (Fsp3) is 0.222. The van der Waals surface area contributed by atoms with Gasteiger partial charge in [-0.3, -0.25) is 4.79 Å². The Kier molecular flexibility index (Phi) is 4.27. The Balaban J connectivity index is 3.22. The summed E-state index contributed by atoms with van der Waals surface area (Å²) in [7, 11) is 0. The van der Waals surface area contributed by atoms with Crippen LogP contribution in [0.25, 0.3) is 0 Å². The molecule has 0 aliphatic rings. The third-order valence-corrected chi connectivity index (χ3v) is 3.14. The van der Waals surface area contributed by atoms with Crippen LogP contribution >= 0.6 is 34.2 Å². The van der Waals surface area contributed by atoms with Gasteiger partial charge in [-0.15, -0.1) is 0 Å². The van der Waals surface area contributed by atoms with Crippen molar-refractivity contribution in [1.82, 2.24) is 0 Å². The first-order valence-corrected chi connectivity index (χ1v) is 5.32. The number of benzene rings is 1. The highest BCUT2D eigenvalue weighted by molar-refractivity contribution is 14.1. The molecule has 6 heteroatoms. The van der Waals surface area contributed by atoms with Gasteiger partial charge < -0.3 is 4.74 Å². The van der Waals surface area contributed by atoms with Crippen LogP contribution in [-0.2, 0) is 0 Å². The minimum absolute atomic E-state index is 0.101. The Morgan fingerprint density at radius 3 is 2.60 bits per heavy atom. The van der Waals surface area contributed by atoms with Crippen molar-refractivity contribution in [3.63, 3.8) is 0 Å². The lowest BCUT2D eigenvalue weighted by Crippen LogP contribution is -2.07. The molecule has 2 nitrogen and oxygen atoms in total. The number of rotatable bonds is 3. The van der Waals surface area contributed by atoms with Gasteiger partial charge in [0.1, 0.15) is 5.75 Å². The van der Waals surface area contributed by atoms with Gasteiger partial charge in [0, 0.05) is 9.64 Å².